The maximum Gasteiger partial charge on any atom is 0.295 e. The van der Waals surface area contributed by atoms with Gasteiger partial charge in [0.15, 0.2) is 5.43 Å². The van der Waals surface area contributed by atoms with Gasteiger partial charge in [-0.3, -0.25) is 14.5 Å². The summed E-state index contributed by atoms with van der Waals surface area (Å²) in [4.78, 5) is 28.4. The summed E-state index contributed by atoms with van der Waals surface area (Å²) in [5.74, 6) is 0.475. The fraction of sp³-hybridized carbons (Fsp3) is 0.0833. The predicted molar refractivity (Wildman–Crippen MR) is 111 cm³/mol. The molecule has 0 saturated carbocycles. The number of ether oxygens (including phenoxy) is 1. The molecule has 0 bridgehead atoms. The lowest BCUT2D eigenvalue weighted by Crippen LogP contribution is -2.29. The zero-order chi connectivity index (χ0) is 20.0. The van der Waals surface area contributed by atoms with Gasteiger partial charge in [0.25, 0.3) is 5.91 Å². The van der Waals surface area contributed by atoms with Crippen LogP contribution in [0, 0.1) is 0 Å². The number of fused-ring (bicyclic) bond motifs is 2. The standard InChI is InChI=1S/C24H17NO4/c1-28-17-13-11-15(12-14-17)21-20-22(26)18-9-5-6-10-19(18)29-23(20)24(27)25(21)16-7-3-2-4-8-16/h2-14,21H,1H3. The van der Waals surface area contributed by atoms with Crippen LogP contribution < -0.4 is 15.1 Å². The van der Waals surface area contributed by atoms with Gasteiger partial charge in [-0.2, -0.15) is 0 Å². The Morgan fingerprint density at radius 1 is 0.862 bits per heavy atom. The summed E-state index contributed by atoms with van der Waals surface area (Å²) in [6, 6.07) is 23.1. The van der Waals surface area contributed by atoms with Crippen molar-refractivity contribution in [3.8, 4) is 5.75 Å². The normalized spacial score (nSPS) is 15.6. The number of para-hydroxylation sites is 2. The van der Waals surface area contributed by atoms with Crippen LogP contribution in [0.3, 0.4) is 0 Å². The number of nitrogens with zero attached hydrogens (tertiary/aromatic N) is 1. The zero-order valence-corrected chi connectivity index (χ0v) is 15.7. The van der Waals surface area contributed by atoms with Gasteiger partial charge in [0.1, 0.15) is 11.3 Å². The van der Waals surface area contributed by atoms with Gasteiger partial charge >= 0.3 is 0 Å². The smallest absolute Gasteiger partial charge is 0.295 e. The number of methoxy groups -OCH3 is 1. The number of rotatable bonds is 3. The molecule has 1 atom stereocenters. The van der Waals surface area contributed by atoms with E-state index in [2.05, 4.69) is 0 Å². The van der Waals surface area contributed by atoms with Crippen molar-refractivity contribution >= 4 is 22.6 Å². The van der Waals surface area contributed by atoms with Crippen LogP contribution in [0.4, 0.5) is 5.69 Å². The highest BCUT2D eigenvalue weighted by Crippen LogP contribution is 2.41. The molecule has 1 aliphatic heterocycles. The fourth-order valence-electron chi connectivity index (χ4n) is 3.88. The van der Waals surface area contributed by atoms with Crippen molar-refractivity contribution in [2.24, 2.45) is 0 Å². The molecule has 2 heterocycles. The largest absolute Gasteiger partial charge is 0.497 e. The summed E-state index contributed by atoms with van der Waals surface area (Å²) in [5.41, 5.74) is 2.10. The van der Waals surface area contributed by atoms with E-state index < -0.39 is 6.04 Å². The second kappa shape index (κ2) is 6.63. The Hall–Kier alpha value is -3.86. The van der Waals surface area contributed by atoms with Crippen molar-refractivity contribution in [3.05, 3.63) is 106 Å². The van der Waals surface area contributed by atoms with Crippen LogP contribution in [-0.4, -0.2) is 13.0 Å². The van der Waals surface area contributed by atoms with Gasteiger partial charge in [0.05, 0.1) is 24.1 Å². The van der Waals surface area contributed by atoms with E-state index in [-0.39, 0.29) is 17.1 Å². The number of amides is 1. The minimum Gasteiger partial charge on any atom is -0.497 e. The molecular weight excluding hydrogens is 366 g/mol. The van der Waals surface area contributed by atoms with Crippen LogP contribution in [-0.2, 0) is 0 Å². The fourth-order valence-corrected chi connectivity index (χ4v) is 3.88. The number of benzene rings is 3. The van der Waals surface area contributed by atoms with E-state index in [1.165, 1.54) is 0 Å². The Labute approximate surface area is 166 Å². The second-order valence-corrected chi connectivity index (χ2v) is 6.86. The molecule has 1 unspecified atom stereocenters. The molecule has 5 rings (SSSR count). The Morgan fingerprint density at radius 3 is 2.28 bits per heavy atom. The monoisotopic (exact) mass is 383 g/mol. The van der Waals surface area contributed by atoms with Crippen LogP contribution in [0.15, 0.2) is 88.1 Å². The van der Waals surface area contributed by atoms with E-state index in [0.29, 0.717) is 28.0 Å². The van der Waals surface area contributed by atoms with Crippen LogP contribution in [0.1, 0.15) is 27.7 Å². The summed E-state index contributed by atoms with van der Waals surface area (Å²) in [6.07, 6.45) is 0. The average molecular weight is 383 g/mol. The first-order valence-corrected chi connectivity index (χ1v) is 9.27. The molecule has 0 N–H and O–H groups in total. The number of hydrogen-bond donors (Lipinski definition) is 0. The molecule has 0 aliphatic carbocycles. The molecule has 0 radical (unpaired) electrons. The van der Waals surface area contributed by atoms with E-state index in [0.717, 1.165) is 5.56 Å². The first-order valence-electron chi connectivity index (χ1n) is 9.27. The highest BCUT2D eigenvalue weighted by Gasteiger charge is 2.43. The molecule has 29 heavy (non-hydrogen) atoms. The summed E-state index contributed by atoms with van der Waals surface area (Å²) >= 11 is 0. The summed E-state index contributed by atoms with van der Waals surface area (Å²) < 4.78 is 11.2. The quantitative estimate of drug-likeness (QED) is 0.521. The summed E-state index contributed by atoms with van der Waals surface area (Å²) in [7, 11) is 1.60. The van der Waals surface area contributed by atoms with Gasteiger partial charge < -0.3 is 9.15 Å². The van der Waals surface area contributed by atoms with Gasteiger partial charge in [0, 0.05) is 5.69 Å². The topological polar surface area (TPSA) is 59.8 Å². The Bertz CT molecular complexity index is 1280. The Balaban J connectivity index is 1.80. The molecule has 5 nitrogen and oxygen atoms in total. The molecule has 4 aromatic rings. The van der Waals surface area contributed by atoms with Crippen LogP contribution in [0.25, 0.3) is 11.0 Å². The van der Waals surface area contributed by atoms with Crippen molar-refractivity contribution in [2.45, 2.75) is 6.04 Å². The van der Waals surface area contributed by atoms with E-state index in [4.69, 9.17) is 9.15 Å². The van der Waals surface area contributed by atoms with Crippen LogP contribution in [0.5, 0.6) is 5.75 Å². The minimum atomic E-state index is -0.577. The molecule has 0 spiro atoms. The molecular formula is C24H17NO4. The van der Waals surface area contributed by atoms with Gasteiger partial charge in [-0.25, -0.2) is 0 Å². The molecule has 1 aromatic heterocycles. The first-order chi connectivity index (χ1) is 14.2. The van der Waals surface area contributed by atoms with Gasteiger partial charge in [0.2, 0.25) is 5.76 Å². The van der Waals surface area contributed by atoms with Crippen molar-refractivity contribution in [2.75, 3.05) is 12.0 Å². The Morgan fingerprint density at radius 2 is 1.55 bits per heavy atom. The van der Waals surface area contributed by atoms with Crippen molar-refractivity contribution in [1.82, 2.24) is 0 Å². The lowest BCUT2D eigenvalue weighted by Gasteiger charge is -2.25. The van der Waals surface area contributed by atoms with Crippen molar-refractivity contribution < 1.29 is 13.9 Å². The third kappa shape index (κ3) is 2.63. The maximum atomic E-state index is 13.4. The highest BCUT2D eigenvalue weighted by atomic mass is 16.5. The third-order valence-electron chi connectivity index (χ3n) is 5.24. The number of anilines is 1. The molecule has 142 valence electrons. The summed E-state index contributed by atoms with van der Waals surface area (Å²) in [5, 5.41) is 0.465. The second-order valence-electron chi connectivity index (χ2n) is 6.86. The molecule has 5 heteroatoms. The van der Waals surface area contributed by atoms with Crippen molar-refractivity contribution in [3.63, 3.8) is 0 Å². The number of carbonyl (C=O) groups is 1. The Kier molecular flexibility index (Phi) is 3.95. The SMILES string of the molecule is COc1ccc(C2c3c(oc4ccccc4c3=O)C(=O)N2c2ccccc2)cc1. The van der Waals surface area contributed by atoms with E-state index >= 15 is 0 Å². The predicted octanol–water partition coefficient (Wildman–Crippen LogP) is 4.55. The van der Waals surface area contributed by atoms with Gasteiger partial charge in [-0.1, -0.05) is 42.5 Å². The van der Waals surface area contributed by atoms with E-state index in [1.54, 1.807) is 36.3 Å². The van der Waals surface area contributed by atoms with Gasteiger partial charge in [-0.15, -0.1) is 0 Å². The first kappa shape index (κ1) is 17.3. The third-order valence-corrected chi connectivity index (χ3v) is 5.24. The van der Waals surface area contributed by atoms with E-state index in [1.807, 2.05) is 54.6 Å². The molecule has 3 aromatic carbocycles. The molecule has 0 saturated heterocycles. The average Bonchev–Trinajstić information content (AvgIpc) is 3.07. The summed E-state index contributed by atoms with van der Waals surface area (Å²) in [6.45, 7) is 0. The number of hydrogen-bond acceptors (Lipinski definition) is 4. The zero-order valence-electron chi connectivity index (χ0n) is 15.7. The van der Waals surface area contributed by atoms with Crippen LogP contribution >= 0.6 is 0 Å². The molecule has 1 amide bonds. The molecule has 0 fully saturated rings. The van der Waals surface area contributed by atoms with Gasteiger partial charge in [-0.05, 0) is 42.0 Å². The maximum absolute atomic E-state index is 13.4. The lowest BCUT2D eigenvalue weighted by molar-refractivity contribution is 0.0971. The van der Waals surface area contributed by atoms with E-state index in [9.17, 15) is 9.59 Å². The minimum absolute atomic E-state index is 0.0957. The highest BCUT2D eigenvalue weighted by molar-refractivity contribution is 6.10. The number of carbonyl (C=O) groups excluding carboxylic acids is 1. The van der Waals surface area contributed by atoms with Crippen LogP contribution in [0.2, 0.25) is 0 Å². The van der Waals surface area contributed by atoms with Crippen molar-refractivity contribution in [1.29, 1.82) is 0 Å². The molecule has 1 aliphatic rings. The lowest BCUT2D eigenvalue weighted by atomic mass is 9.98.